The number of rotatable bonds is 10. The van der Waals surface area contributed by atoms with E-state index < -0.39 is 36.3 Å². The predicted molar refractivity (Wildman–Crippen MR) is 220 cm³/mol. The molecule has 5 saturated heterocycles. The maximum Gasteiger partial charge on any atom is 2.00 e. The summed E-state index contributed by atoms with van der Waals surface area (Å²) < 4.78 is 0. The smallest absolute Gasteiger partial charge is 0.693 e. The first kappa shape index (κ1) is 58.5. The molecule has 6 aliphatic heterocycles. The monoisotopic (exact) mass is 935 g/mol. The zero-order chi connectivity index (χ0) is 37.6. The van der Waals surface area contributed by atoms with E-state index in [0.29, 0.717) is 18.5 Å². The third-order valence-corrected chi connectivity index (χ3v) is 11.2. The van der Waals surface area contributed by atoms with Gasteiger partial charge in [-0.1, -0.05) is 120 Å². The van der Waals surface area contributed by atoms with Gasteiger partial charge in [0.15, 0.2) is 0 Å². The van der Waals surface area contributed by atoms with E-state index in [1.807, 2.05) is 18.4 Å². The van der Waals surface area contributed by atoms with Crippen molar-refractivity contribution in [3.8, 4) is 0 Å². The van der Waals surface area contributed by atoms with Crippen LogP contribution in [0.25, 0.3) is 38.1 Å². The fourth-order valence-corrected chi connectivity index (χ4v) is 8.28. The molecule has 341 valence electrons. The van der Waals surface area contributed by atoms with Crippen LogP contribution < -0.4 is 10.6 Å². The molecule has 5 fully saturated rings. The van der Waals surface area contributed by atoms with Crippen molar-refractivity contribution < 1.29 is 71.6 Å². The van der Waals surface area contributed by atoms with Crippen LogP contribution in [-0.2, 0) is 51.2 Å². The molecule has 0 aromatic carbocycles. The fourth-order valence-electron chi connectivity index (χ4n) is 8.28. The van der Waals surface area contributed by atoms with Gasteiger partial charge in [0.2, 0.25) is 0 Å². The summed E-state index contributed by atoms with van der Waals surface area (Å²) in [5.41, 5.74) is 0. The Kier molecular flexibility index (Phi) is 36.5. The number of allylic oxidation sites excluding steroid dienone is 2. The molecule has 6 heterocycles. The first-order chi connectivity index (χ1) is 25.2. The molecule has 13 nitrogen and oxygen atoms in total. The molecule has 8 N–H and O–H groups in total. The van der Waals surface area contributed by atoms with E-state index in [1.54, 1.807) is 27.7 Å². The minimum atomic E-state index is -0.760. The second-order valence-corrected chi connectivity index (χ2v) is 15.5. The quantitative estimate of drug-likeness (QED) is 0.121. The Balaban J connectivity index is 0. The van der Waals surface area contributed by atoms with Crippen LogP contribution in [0.1, 0.15) is 111 Å². The van der Waals surface area contributed by atoms with Crippen LogP contribution in [0.4, 0.5) is 0 Å². The number of piperidine rings is 5. The van der Waals surface area contributed by atoms with Gasteiger partial charge in [-0.15, -0.1) is 45.8 Å². The average Bonchev–Trinajstić information content (AvgIpc) is 3.16. The standard InChI is InChI=1S/C10H19N3.C10H15N3.C10H18N2.C10H22O4.3Cu.H2N/c2*1-3-7-11-9(5-1)13-10-6-2-4-8-12-10;1-5-11-6-2-9(1)10-3-7-12-8-4-10;1-5(11)9(6(2)12)10(7(3)13)8(4)14;;;;/h9-10,13H,1-8H2;1,3,5,7,9-10,13H,2,4,6,8H2;9-10H,1-8H2;5-14H,1-4H3;;;;1H2/q3*-2;;2*+1;+2;-1. The Morgan fingerprint density at radius 3 is 1.14 bits per heavy atom. The van der Waals surface area contributed by atoms with E-state index in [0.717, 1.165) is 64.1 Å². The van der Waals surface area contributed by atoms with Crippen molar-refractivity contribution in [2.75, 3.05) is 45.8 Å². The van der Waals surface area contributed by atoms with Crippen LogP contribution in [0.5, 0.6) is 0 Å². The summed E-state index contributed by atoms with van der Waals surface area (Å²) in [6.07, 6.45) is 22.8. The van der Waals surface area contributed by atoms with E-state index in [9.17, 15) is 20.4 Å². The first-order valence-electron chi connectivity index (χ1n) is 20.7. The van der Waals surface area contributed by atoms with Gasteiger partial charge in [-0.2, -0.15) is 6.20 Å². The van der Waals surface area contributed by atoms with Gasteiger partial charge in [-0.05, 0) is 45.7 Å². The number of nitrogens with one attached hydrogen (secondary N) is 2. The van der Waals surface area contributed by atoms with Crippen molar-refractivity contribution in [3.63, 3.8) is 0 Å². The Morgan fingerprint density at radius 2 is 0.857 bits per heavy atom. The first-order valence-corrected chi connectivity index (χ1v) is 20.7. The third-order valence-electron chi connectivity index (χ3n) is 11.2. The molecule has 0 aromatic rings. The topological polar surface area (TPSA) is 223 Å². The largest absolute Gasteiger partial charge is 2.00 e. The summed E-state index contributed by atoms with van der Waals surface area (Å²) >= 11 is 0. The molecule has 6 aliphatic rings. The van der Waals surface area contributed by atoms with Crippen LogP contribution in [0.3, 0.4) is 0 Å². The van der Waals surface area contributed by atoms with Gasteiger partial charge in [0, 0.05) is 11.8 Å². The van der Waals surface area contributed by atoms with Crippen LogP contribution in [0.2, 0.25) is 0 Å². The molecule has 0 spiro atoms. The molecule has 0 aromatic heterocycles. The van der Waals surface area contributed by atoms with Gasteiger partial charge in [-0.3, -0.25) is 0 Å². The van der Waals surface area contributed by atoms with E-state index in [2.05, 4.69) is 48.6 Å². The van der Waals surface area contributed by atoms with Gasteiger partial charge in [0.25, 0.3) is 0 Å². The zero-order valence-electron chi connectivity index (χ0n) is 34.3. The second-order valence-electron chi connectivity index (χ2n) is 15.5. The molecule has 8 unspecified atom stereocenters. The summed E-state index contributed by atoms with van der Waals surface area (Å²) in [5, 5.41) is 71.5. The van der Waals surface area contributed by atoms with Crippen molar-refractivity contribution in [2.45, 2.75) is 160 Å². The van der Waals surface area contributed by atoms with Crippen molar-refractivity contribution >= 4 is 0 Å². The Labute approximate surface area is 372 Å². The second kappa shape index (κ2) is 35.0. The van der Waals surface area contributed by atoms with Crippen LogP contribution in [0, 0.1) is 23.7 Å². The SMILES string of the molecule is C1=C[N-]C(NC2CCCC[N-]2)C=C1.C1CC(C2CC[N-]CC2)CC[N-]1.C1CCC(NC2CCCC[N-]2)[N-]C1.CC(O)C(C(C)O)C(C(C)O)C(C)O.[Cu+2].[Cu+].[Cu+].[NH2-]. The molecule has 0 bridgehead atoms. The molecule has 0 amide bonds. The van der Waals surface area contributed by atoms with Crippen LogP contribution >= 0.6 is 0 Å². The number of aliphatic hydroxyl groups is 4. The van der Waals surface area contributed by atoms with Crippen LogP contribution in [-0.4, -0.2) is 115 Å². The van der Waals surface area contributed by atoms with Crippen LogP contribution in [0.15, 0.2) is 24.4 Å². The van der Waals surface area contributed by atoms with E-state index in [-0.39, 0.29) is 63.5 Å². The van der Waals surface area contributed by atoms with Crippen molar-refractivity contribution in [1.29, 1.82) is 0 Å². The Bertz CT molecular complexity index is 878. The molecular formula is C40H76Cu3N9O4-3. The molecule has 16 heteroatoms. The van der Waals surface area contributed by atoms with Gasteiger partial charge < -0.3 is 69.1 Å². The summed E-state index contributed by atoms with van der Waals surface area (Å²) in [5.74, 6) is 0.931. The van der Waals surface area contributed by atoms with Gasteiger partial charge >= 0.3 is 51.2 Å². The van der Waals surface area contributed by atoms with E-state index in [4.69, 9.17) is 0 Å². The number of hydrogen-bond acceptors (Lipinski definition) is 6. The fraction of sp³-hybridized carbons (Fsp3) is 0.900. The summed E-state index contributed by atoms with van der Waals surface area (Å²) in [6, 6.07) is 0. The summed E-state index contributed by atoms with van der Waals surface area (Å²) in [7, 11) is 0. The molecule has 8 atom stereocenters. The zero-order valence-corrected chi connectivity index (χ0v) is 37.2. The number of aliphatic hydroxyl groups excluding tert-OH is 4. The third kappa shape index (κ3) is 24.0. The molecule has 6 rings (SSSR count). The number of nitrogens with two attached hydrogens (primary N) is 1. The van der Waals surface area contributed by atoms with Crippen molar-refractivity contribution in [2.24, 2.45) is 23.7 Å². The normalized spacial score (nSPS) is 28.4. The van der Waals surface area contributed by atoms with E-state index in [1.165, 1.54) is 77.0 Å². The van der Waals surface area contributed by atoms with E-state index >= 15 is 0 Å². The van der Waals surface area contributed by atoms with Gasteiger partial charge in [-0.25, -0.2) is 0 Å². The molecule has 0 saturated carbocycles. The Morgan fingerprint density at radius 1 is 0.500 bits per heavy atom. The summed E-state index contributed by atoms with van der Waals surface area (Å²) in [6.45, 7) is 13.8. The number of hydrogen-bond donors (Lipinski definition) is 6. The predicted octanol–water partition coefficient (Wildman–Crippen LogP) is 7.59. The molecule has 1 radical (unpaired) electrons. The molecular weight excluding hydrogens is 861 g/mol. The van der Waals surface area contributed by atoms with Gasteiger partial charge in [0.05, 0.1) is 24.4 Å². The summed E-state index contributed by atoms with van der Waals surface area (Å²) in [4.78, 5) is 0. The van der Waals surface area contributed by atoms with Crippen molar-refractivity contribution in [3.05, 3.63) is 62.5 Å². The average molecular weight is 938 g/mol. The number of nitrogens with zero attached hydrogens (tertiary/aromatic N) is 6. The molecule has 0 aliphatic carbocycles. The Hall–Kier alpha value is 0.358. The maximum atomic E-state index is 9.47. The molecule has 56 heavy (non-hydrogen) atoms. The van der Waals surface area contributed by atoms with Crippen molar-refractivity contribution in [1.82, 2.24) is 10.6 Å². The minimum absolute atomic E-state index is 0. The van der Waals surface area contributed by atoms with Gasteiger partial charge in [0.1, 0.15) is 0 Å². The maximum absolute atomic E-state index is 9.47. The minimum Gasteiger partial charge on any atom is -0.693 e.